The number of ether oxygens (including phenoxy) is 3. The summed E-state index contributed by atoms with van der Waals surface area (Å²) in [6.07, 6.45) is 2.51. The molecule has 0 atom stereocenters. The van der Waals surface area contributed by atoms with Gasteiger partial charge in [-0.3, -0.25) is 0 Å². The minimum atomic E-state index is 0.279. The largest absolute Gasteiger partial charge is 0.490 e. The van der Waals surface area contributed by atoms with Crippen molar-refractivity contribution in [1.29, 1.82) is 0 Å². The number of nitrogens with one attached hydrogen (secondary N) is 1. The maximum atomic E-state index is 6.05. The van der Waals surface area contributed by atoms with Crippen LogP contribution in [0.25, 0.3) is 0 Å². The van der Waals surface area contributed by atoms with Gasteiger partial charge in [0.25, 0.3) is 0 Å². The van der Waals surface area contributed by atoms with Crippen LogP contribution < -0.4 is 25.3 Å². The number of nitrogens with zero attached hydrogens (tertiary/aromatic N) is 2. The van der Waals surface area contributed by atoms with Gasteiger partial charge in [-0.05, 0) is 23.8 Å². The van der Waals surface area contributed by atoms with Gasteiger partial charge in [0.1, 0.15) is 5.02 Å². The molecule has 1 aromatic carbocycles. The summed E-state index contributed by atoms with van der Waals surface area (Å²) in [5, 5.41) is 3.47. The maximum Gasteiger partial charge on any atom is 0.232 e. The van der Waals surface area contributed by atoms with Crippen LogP contribution in [0.15, 0.2) is 35.5 Å². The molecule has 0 fully saturated rings. The lowest BCUT2D eigenvalue weighted by molar-refractivity contribution is 0.297. The van der Waals surface area contributed by atoms with Gasteiger partial charge in [0.15, 0.2) is 17.5 Å². The number of hydrogen-bond donors (Lipinski definition) is 2. The molecule has 0 bridgehead atoms. The van der Waals surface area contributed by atoms with Crippen molar-refractivity contribution in [2.45, 2.75) is 13.0 Å². The molecular formula is C17H19ClN4O3. The topological polar surface area (TPSA) is 91.0 Å². The third-order valence-corrected chi connectivity index (χ3v) is 3.78. The van der Waals surface area contributed by atoms with Gasteiger partial charge in [-0.25, -0.2) is 9.98 Å². The first kappa shape index (κ1) is 17.2. The van der Waals surface area contributed by atoms with Crippen LogP contribution in [-0.4, -0.2) is 31.3 Å². The van der Waals surface area contributed by atoms with E-state index in [1.807, 2.05) is 18.2 Å². The molecule has 25 heavy (non-hydrogen) atoms. The van der Waals surface area contributed by atoms with Crippen LogP contribution in [0.3, 0.4) is 0 Å². The molecule has 2 aromatic rings. The van der Waals surface area contributed by atoms with Crippen molar-refractivity contribution >= 4 is 23.2 Å². The zero-order valence-corrected chi connectivity index (χ0v) is 14.5. The van der Waals surface area contributed by atoms with E-state index in [0.29, 0.717) is 36.4 Å². The van der Waals surface area contributed by atoms with Gasteiger partial charge in [-0.15, -0.1) is 0 Å². The maximum absolute atomic E-state index is 6.05. The van der Waals surface area contributed by atoms with E-state index in [2.05, 4.69) is 15.3 Å². The van der Waals surface area contributed by atoms with Crippen molar-refractivity contribution in [1.82, 2.24) is 4.98 Å². The average molecular weight is 363 g/mol. The SMILES string of the molecule is COc1ncc(CN=C(N)Nc2ccc3c(c2)OCCCO3)cc1Cl. The number of anilines is 1. The standard InChI is InChI=1S/C17H19ClN4O3/c1-23-16-13(18)7-11(9-20-16)10-21-17(19)22-12-3-4-14-15(8-12)25-6-2-5-24-14/h3-4,7-9H,2,5-6,10H2,1H3,(H3,19,21,22). The molecule has 0 saturated heterocycles. The minimum Gasteiger partial charge on any atom is -0.490 e. The van der Waals surface area contributed by atoms with Crippen molar-refractivity contribution in [3.05, 3.63) is 41.0 Å². The summed E-state index contributed by atoms with van der Waals surface area (Å²) in [5.74, 6) is 2.09. The van der Waals surface area contributed by atoms with E-state index >= 15 is 0 Å². The molecule has 1 aliphatic rings. The molecular weight excluding hydrogens is 344 g/mol. The normalized spacial score (nSPS) is 13.9. The monoisotopic (exact) mass is 362 g/mol. The lowest BCUT2D eigenvalue weighted by atomic mass is 10.2. The number of methoxy groups -OCH3 is 1. The Morgan fingerprint density at radius 3 is 2.88 bits per heavy atom. The van der Waals surface area contributed by atoms with Gasteiger partial charge in [0.05, 0.1) is 26.9 Å². The van der Waals surface area contributed by atoms with E-state index in [4.69, 9.17) is 31.5 Å². The fourth-order valence-electron chi connectivity index (χ4n) is 2.31. The molecule has 8 heteroatoms. The van der Waals surface area contributed by atoms with Crippen LogP contribution in [0, 0.1) is 0 Å². The fourth-order valence-corrected chi connectivity index (χ4v) is 2.57. The van der Waals surface area contributed by atoms with E-state index in [9.17, 15) is 0 Å². The van der Waals surface area contributed by atoms with E-state index in [1.54, 1.807) is 12.3 Å². The van der Waals surface area contributed by atoms with Gasteiger partial charge in [-0.2, -0.15) is 0 Å². The molecule has 0 saturated carbocycles. The van der Waals surface area contributed by atoms with Crippen molar-refractivity contribution in [2.75, 3.05) is 25.6 Å². The zero-order valence-electron chi connectivity index (χ0n) is 13.8. The molecule has 0 spiro atoms. The number of pyridine rings is 1. The second-order valence-electron chi connectivity index (χ2n) is 5.37. The molecule has 0 radical (unpaired) electrons. The Morgan fingerprint density at radius 1 is 1.32 bits per heavy atom. The molecule has 1 aliphatic heterocycles. The van der Waals surface area contributed by atoms with Gasteiger partial charge >= 0.3 is 0 Å². The predicted molar refractivity (Wildman–Crippen MR) is 96.8 cm³/mol. The number of halogens is 1. The first-order valence-corrected chi connectivity index (χ1v) is 8.18. The van der Waals surface area contributed by atoms with Crippen LogP contribution >= 0.6 is 11.6 Å². The van der Waals surface area contributed by atoms with Crippen LogP contribution in [-0.2, 0) is 6.54 Å². The summed E-state index contributed by atoms with van der Waals surface area (Å²) in [7, 11) is 1.52. The van der Waals surface area contributed by atoms with E-state index in [-0.39, 0.29) is 5.96 Å². The van der Waals surface area contributed by atoms with Crippen molar-refractivity contribution < 1.29 is 14.2 Å². The number of rotatable bonds is 4. The van der Waals surface area contributed by atoms with Gasteiger partial charge in [0.2, 0.25) is 5.88 Å². The fraction of sp³-hybridized carbons (Fsp3) is 0.294. The van der Waals surface area contributed by atoms with Crippen molar-refractivity contribution in [2.24, 2.45) is 10.7 Å². The smallest absolute Gasteiger partial charge is 0.232 e. The number of benzene rings is 1. The summed E-state index contributed by atoms with van der Waals surface area (Å²) in [4.78, 5) is 8.39. The van der Waals surface area contributed by atoms with Crippen LogP contribution in [0.2, 0.25) is 5.02 Å². The third-order valence-electron chi connectivity index (χ3n) is 3.51. The Hall–Kier alpha value is -2.67. The Balaban J connectivity index is 1.65. The highest BCUT2D eigenvalue weighted by atomic mass is 35.5. The Bertz CT molecular complexity index is 782. The molecule has 0 amide bonds. The molecule has 0 aliphatic carbocycles. The Kier molecular flexibility index (Phi) is 5.45. The van der Waals surface area contributed by atoms with Gasteiger partial charge < -0.3 is 25.3 Å². The summed E-state index contributed by atoms with van der Waals surface area (Å²) < 4.78 is 16.3. The number of nitrogens with two attached hydrogens (primary N) is 1. The quantitative estimate of drug-likeness (QED) is 0.642. The zero-order chi connectivity index (χ0) is 17.6. The number of aromatic nitrogens is 1. The van der Waals surface area contributed by atoms with Crippen LogP contribution in [0.1, 0.15) is 12.0 Å². The Morgan fingerprint density at radius 2 is 2.12 bits per heavy atom. The molecule has 7 nitrogen and oxygen atoms in total. The molecule has 1 aromatic heterocycles. The molecule has 2 heterocycles. The summed E-state index contributed by atoms with van der Waals surface area (Å²) >= 11 is 6.05. The number of fused-ring (bicyclic) bond motifs is 1. The van der Waals surface area contributed by atoms with E-state index < -0.39 is 0 Å². The highest BCUT2D eigenvalue weighted by Gasteiger charge is 2.11. The summed E-state index contributed by atoms with van der Waals surface area (Å²) in [6, 6.07) is 7.30. The Labute approximate surface area is 150 Å². The van der Waals surface area contributed by atoms with Crippen LogP contribution in [0.4, 0.5) is 5.69 Å². The highest BCUT2D eigenvalue weighted by molar-refractivity contribution is 6.31. The number of guanidine groups is 1. The molecule has 3 N–H and O–H groups in total. The molecule has 3 rings (SSSR count). The second kappa shape index (κ2) is 7.94. The summed E-state index contributed by atoms with van der Waals surface area (Å²) in [6.45, 7) is 1.63. The van der Waals surface area contributed by atoms with E-state index in [0.717, 1.165) is 23.4 Å². The van der Waals surface area contributed by atoms with Crippen molar-refractivity contribution in [3.8, 4) is 17.4 Å². The average Bonchev–Trinajstić information content (AvgIpc) is 2.85. The lowest BCUT2D eigenvalue weighted by Gasteiger charge is -2.11. The molecule has 132 valence electrons. The van der Waals surface area contributed by atoms with Crippen molar-refractivity contribution in [3.63, 3.8) is 0 Å². The number of hydrogen-bond acceptors (Lipinski definition) is 5. The van der Waals surface area contributed by atoms with Crippen LogP contribution in [0.5, 0.6) is 17.4 Å². The predicted octanol–water partition coefficient (Wildman–Crippen LogP) is 2.83. The number of aliphatic imine (C=N–C) groups is 1. The van der Waals surface area contributed by atoms with Gasteiger partial charge in [0, 0.05) is 24.4 Å². The van der Waals surface area contributed by atoms with E-state index in [1.165, 1.54) is 7.11 Å². The minimum absolute atomic E-state index is 0.279. The first-order chi connectivity index (χ1) is 12.2. The second-order valence-corrected chi connectivity index (χ2v) is 5.78. The highest BCUT2D eigenvalue weighted by Crippen LogP contribution is 2.32. The summed E-state index contributed by atoms with van der Waals surface area (Å²) in [5.41, 5.74) is 7.55. The lowest BCUT2D eigenvalue weighted by Crippen LogP contribution is -2.22. The molecule has 0 unspecified atom stereocenters. The van der Waals surface area contributed by atoms with Gasteiger partial charge in [-0.1, -0.05) is 11.6 Å². The first-order valence-electron chi connectivity index (χ1n) is 7.80. The third kappa shape index (κ3) is 4.45.